The molecule has 3 rings (SSSR count). The number of para-hydroxylation sites is 1. The topological polar surface area (TPSA) is 79.5 Å². The molecule has 0 saturated heterocycles. The van der Waals surface area contributed by atoms with Crippen LogP contribution < -0.4 is 0 Å². The second-order valence-electron chi connectivity index (χ2n) is 7.50. The van der Waals surface area contributed by atoms with Crippen LogP contribution in [0, 0.1) is 5.82 Å². The number of hydrogen-bond donors (Lipinski definition) is 2. The maximum atomic E-state index is 13.5. The van der Waals surface area contributed by atoms with Crippen molar-refractivity contribution in [3.63, 3.8) is 0 Å². The molecule has 5 nitrogen and oxygen atoms in total. The summed E-state index contributed by atoms with van der Waals surface area (Å²) in [6, 6.07) is 14.2. The fraction of sp³-hybridized carbons (Fsp3) is 0.250. The molecule has 1 heterocycles. The number of allylic oxidation sites excluding steroid dienone is 1. The number of hydrogen-bond acceptors (Lipinski definition) is 3. The molecule has 0 radical (unpaired) electrons. The molecule has 30 heavy (non-hydrogen) atoms. The Bertz CT molecular complexity index is 1100. The van der Waals surface area contributed by atoms with Crippen LogP contribution in [-0.2, 0) is 9.59 Å². The Morgan fingerprint density at radius 2 is 1.73 bits per heavy atom. The van der Waals surface area contributed by atoms with Gasteiger partial charge < -0.3 is 14.8 Å². The van der Waals surface area contributed by atoms with Gasteiger partial charge in [0.2, 0.25) is 0 Å². The van der Waals surface area contributed by atoms with Crippen LogP contribution in [0.3, 0.4) is 0 Å². The maximum absolute atomic E-state index is 13.5. The molecule has 0 aliphatic heterocycles. The van der Waals surface area contributed by atoms with Crippen molar-refractivity contribution in [1.82, 2.24) is 4.57 Å². The molecular weight excluding hydrogens is 385 g/mol. The molecule has 0 fully saturated rings. The predicted octanol–water partition coefficient (Wildman–Crippen LogP) is 4.84. The zero-order chi connectivity index (χ0) is 21.8. The van der Waals surface area contributed by atoms with Crippen LogP contribution in [0.2, 0.25) is 0 Å². The molecule has 0 aliphatic carbocycles. The lowest BCUT2D eigenvalue weighted by atomic mass is 10.0. The molecule has 0 aliphatic rings. The number of carboxylic acids is 1. The average Bonchev–Trinajstić information content (AvgIpc) is 3.00. The van der Waals surface area contributed by atoms with E-state index >= 15 is 0 Å². The Balaban J connectivity index is 2.09. The lowest BCUT2D eigenvalue weighted by Crippen LogP contribution is -2.16. The SMILES string of the molecule is CC(C)n1c(/C=C/C(=O)CC(O)CC(=O)O)c(-c2ccc(F)cc2)c2ccccc21. The third-order valence-electron chi connectivity index (χ3n) is 4.87. The van der Waals surface area contributed by atoms with Gasteiger partial charge in [0, 0.05) is 28.9 Å². The van der Waals surface area contributed by atoms with Gasteiger partial charge in [0.1, 0.15) is 5.82 Å². The van der Waals surface area contributed by atoms with E-state index in [-0.39, 0.29) is 24.1 Å². The standard InChI is InChI=1S/C24H24FNO4/c1-15(2)26-21-6-4-3-5-20(21)24(16-7-9-17(25)10-8-16)22(26)12-11-18(27)13-19(28)14-23(29)30/h3-12,15,19,28H,13-14H2,1-2H3,(H,29,30)/b12-11+. The third-order valence-corrected chi connectivity index (χ3v) is 4.87. The molecule has 1 aromatic heterocycles. The van der Waals surface area contributed by atoms with E-state index in [1.807, 2.05) is 38.1 Å². The number of benzene rings is 2. The molecule has 0 bridgehead atoms. The number of aliphatic carboxylic acids is 1. The molecule has 6 heteroatoms. The minimum Gasteiger partial charge on any atom is -0.481 e. The van der Waals surface area contributed by atoms with E-state index in [9.17, 15) is 19.1 Å². The van der Waals surface area contributed by atoms with Crippen molar-refractivity contribution in [2.75, 3.05) is 0 Å². The molecule has 1 unspecified atom stereocenters. The van der Waals surface area contributed by atoms with E-state index in [1.54, 1.807) is 18.2 Å². The molecule has 2 N–H and O–H groups in total. The predicted molar refractivity (Wildman–Crippen MR) is 115 cm³/mol. The first-order valence-corrected chi connectivity index (χ1v) is 9.77. The second kappa shape index (κ2) is 9.05. The molecule has 156 valence electrons. The summed E-state index contributed by atoms with van der Waals surface area (Å²) >= 11 is 0. The third kappa shape index (κ3) is 4.66. The van der Waals surface area contributed by atoms with Crippen LogP contribution in [0.5, 0.6) is 0 Å². The summed E-state index contributed by atoms with van der Waals surface area (Å²) in [7, 11) is 0. The Hall–Kier alpha value is -3.25. The summed E-state index contributed by atoms with van der Waals surface area (Å²) in [5.41, 5.74) is 3.49. The Kier molecular flexibility index (Phi) is 6.47. The van der Waals surface area contributed by atoms with Crippen LogP contribution in [0.4, 0.5) is 4.39 Å². The summed E-state index contributed by atoms with van der Waals surface area (Å²) < 4.78 is 15.6. The van der Waals surface area contributed by atoms with E-state index < -0.39 is 18.5 Å². The van der Waals surface area contributed by atoms with E-state index in [1.165, 1.54) is 18.2 Å². The summed E-state index contributed by atoms with van der Waals surface area (Å²) in [6.45, 7) is 4.08. The maximum Gasteiger partial charge on any atom is 0.305 e. The lowest BCUT2D eigenvalue weighted by Gasteiger charge is -2.14. The zero-order valence-electron chi connectivity index (χ0n) is 16.9. The number of carbonyl (C=O) groups is 2. The van der Waals surface area contributed by atoms with Gasteiger partial charge in [-0.25, -0.2) is 4.39 Å². The van der Waals surface area contributed by atoms with Crippen molar-refractivity contribution in [3.8, 4) is 11.1 Å². The fourth-order valence-corrected chi connectivity index (χ4v) is 3.67. The largest absolute Gasteiger partial charge is 0.481 e. The van der Waals surface area contributed by atoms with Crippen LogP contribution in [-0.4, -0.2) is 32.6 Å². The first-order chi connectivity index (χ1) is 14.3. The highest BCUT2D eigenvalue weighted by Crippen LogP contribution is 2.37. The van der Waals surface area contributed by atoms with Crippen LogP contribution >= 0.6 is 0 Å². The van der Waals surface area contributed by atoms with Gasteiger partial charge in [0.25, 0.3) is 0 Å². The summed E-state index contributed by atoms with van der Waals surface area (Å²) in [4.78, 5) is 23.0. The number of aliphatic hydroxyl groups is 1. The van der Waals surface area contributed by atoms with Gasteiger partial charge in [0.15, 0.2) is 5.78 Å². The minimum absolute atomic E-state index is 0.0939. The normalized spacial score (nSPS) is 12.7. The average molecular weight is 409 g/mol. The van der Waals surface area contributed by atoms with E-state index in [2.05, 4.69) is 4.57 Å². The van der Waals surface area contributed by atoms with Gasteiger partial charge >= 0.3 is 5.97 Å². The number of halogens is 1. The first kappa shape index (κ1) is 21.5. The summed E-state index contributed by atoms with van der Waals surface area (Å²) in [5.74, 6) is -1.85. The number of carboxylic acid groups (broad SMARTS) is 1. The molecule has 0 amide bonds. The number of aromatic nitrogens is 1. The van der Waals surface area contributed by atoms with Gasteiger partial charge in [-0.3, -0.25) is 9.59 Å². The van der Waals surface area contributed by atoms with Gasteiger partial charge in [-0.05, 0) is 49.8 Å². The number of fused-ring (bicyclic) bond motifs is 1. The van der Waals surface area contributed by atoms with E-state index in [0.29, 0.717) is 0 Å². The van der Waals surface area contributed by atoms with Gasteiger partial charge in [-0.1, -0.05) is 30.3 Å². The number of carbonyl (C=O) groups excluding carboxylic acids is 1. The Morgan fingerprint density at radius 1 is 1.07 bits per heavy atom. The summed E-state index contributed by atoms with van der Waals surface area (Å²) in [6.07, 6.45) is 1.08. The number of nitrogens with zero attached hydrogens (tertiary/aromatic N) is 1. The van der Waals surface area contributed by atoms with Crippen LogP contribution in [0.25, 0.3) is 28.1 Å². The smallest absolute Gasteiger partial charge is 0.305 e. The molecule has 0 spiro atoms. The van der Waals surface area contributed by atoms with Crippen LogP contribution in [0.1, 0.15) is 38.4 Å². The zero-order valence-corrected chi connectivity index (χ0v) is 16.9. The van der Waals surface area contributed by atoms with E-state index in [0.717, 1.165) is 27.7 Å². The van der Waals surface area contributed by atoms with E-state index in [4.69, 9.17) is 5.11 Å². The molecule has 1 atom stereocenters. The van der Waals surface area contributed by atoms with Gasteiger partial charge in [-0.15, -0.1) is 0 Å². The Morgan fingerprint density at radius 3 is 2.37 bits per heavy atom. The highest BCUT2D eigenvalue weighted by atomic mass is 19.1. The quantitative estimate of drug-likeness (QED) is 0.522. The number of aliphatic hydroxyl groups excluding tert-OH is 1. The molecular formula is C24H24FNO4. The summed E-state index contributed by atoms with van der Waals surface area (Å²) in [5, 5.41) is 19.5. The second-order valence-corrected chi connectivity index (χ2v) is 7.50. The number of ketones is 1. The van der Waals surface area contributed by atoms with Crippen molar-refractivity contribution in [3.05, 3.63) is 66.1 Å². The number of rotatable bonds is 8. The van der Waals surface area contributed by atoms with Crippen molar-refractivity contribution in [1.29, 1.82) is 0 Å². The monoisotopic (exact) mass is 409 g/mol. The fourth-order valence-electron chi connectivity index (χ4n) is 3.67. The molecule has 0 saturated carbocycles. The van der Waals surface area contributed by atoms with Crippen LogP contribution in [0.15, 0.2) is 54.6 Å². The highest BCUT2D eigenvalue weighted by Gasteiger charge is 2.19. The Labute approximate surface area is 174 Å². The first-order valence-electron chi connectivity index (χ1n) is 9.77. The van der Waals surface area contributed by atoms with Crippen molar-refractivity contribution >= 4 is 28.7 Å². The molecule has 3 aromatic rings. The van der Waals surface area contributed by atoms with Gasteiger partial charge in [-0.2, -0.15) is 0 Å². The van der Waals surface area contributed by atoms with Gasteiger partial charge in [0.05, 0.1) is 18.2 Å². The highest BCUT2D eigenvalue weighted by molar-refractivity contribution is 6.03. The van der Waals surface area contributed by atoms with Crippen molar-refractivity contribution in [2.24, 2.45) is 0 Å². The van der Waals surface area contributed by atoms with Crippen molar-refractivity contribution in [2.45, 2.75) is 38.8 Å². The van der Waals surface area contributed by atoms with Crippen molar-refractivity contribution < 1.29 is 24.2 Å². The lowest BCUT2D eigenvalue weighted by molar-refractivity contribution is -0.139. The molecule has 2 aromatic carbocycles. The minimum atomic E-state index is -1.23.